The van der Waals surface area contributed by atoms with E-state index in [2.05, 4.69) is 11.9 Å². The maximum absolute atomic E-state index is 11.8. The van der Waals surface area contributed by atoms with Crippen LogP contribution in [0.4, 0.5) is 10.6 Å². The lowest BCUT2D eigenvalue weighted by Gasteiger charge is -2.14. The number of anilines is 1. The molecule has 0 amide bonds. The van der Waals surface area contributed by atoms with E-state index in [-0.39, 0.29) is 17.9 Å². The van der Waals surface area contributed by atoms with E-state index in [1.54, 1.807) is 12.3 Å². The normalized spacial score (nSPS) is 19.4. The fourth-order valence-electron chi connectivity index (χ4n) is 2.54. The maximum Gasteiger partial charge on any atom is 0.508 e. The highest BCUT2D eigenvalue weighted by Gasteiger charge is 2.29. The van der Waals surface area contributed by atoms with Gasteiger partial charge in [0.2, 0.25) is 0 Å². The van der Waals surface area contributed by atoms with Gasteiger partial charge in [0.25, 0.3) is 0 Å². The number of rotatable bonds is 10. The van der Waals surface area contributed by atoms with Crippen molar-refractivity contribution in [2.45, 2.75) is 57.1 Å². The first-order valence-corrected chi connectivity index (χ1v) is 10.1. The quantitative estimate of drug-likeness (QED) is 0.484. The van der Waals surface area contributed by atoms with Crippen LogP contribution < -0.4 is 11.4 Å². The van der Waals surface area contributed by atoms with Crippen LogP contribution in [-0.2, 0) is 14.2 Å². The molecule has 0 aliphatic carbocycles. The van der Waals surface area contributed by atoms with E-state index in [0.717, 1.165) is 12.8 Å². The molecule has 0 spiro atoms. The summed E-state index contributed by atoms with van der Waals surface area (Å²) >= 11 is 1.47. The smallest absolute Gasteiger partial charge is 0.434 e. The zero-order valence-corrected chi connectivity index (χ0v) is 15.9. The van der Waals surface area contributed by atoms with Crippen LogP contribution >= 0.6 is 11.8 Å². The molecule has 0 saturated carbocycles. The number of unbranched alkanes of at least 4 members (excludes halogenated alkanes) is 5. The molecule has 1 fully saturated rings. The molecule has 1 aromatic rings. The second-order valence-electron chi connectivity index (χ2n) is 6.07. The Bertz CT molecular complexity index is 625. The number of aromatic nitrogens is 2. The van der Waals surface area contributed by atoms with Gasteiger partial charge in [-0.2, -0.15) is 4.98 Å². The molecule has 2 atom stereocenters. The van der Waals surface area contributed by atoms with Crippen molar-refractivity contribution in [2.24, 2.45) is 0 Å². The summed E-state index contributed by atoms with van der Waals surface area (Å²) < 4.78 is 17.2. The number of ether oxygens (including phenoxy) is 3. The highest BCUT2D eigenvalue weighted by molar-refractivity contribution is 8.00. The zero-order valence-electron chi connectivity index (χ0n) is 15.1. The average molecular weight is 385 g/mol. The Kier molecular flexibility index (Phi) is 8.76. The van der Waals surface area contributed by atoms with Gasteiger partial charge in [0, 0.05) is 11.9 Å². The van der Waals surface area contributed by atoms with Crippen molar-refractivity contribution in [2.75, 3.05) is 24.7 Å². The lowest BCUT2D eigenvalue weighted by atomic mass is 10.1. The minimum absolute atomic E-state index is 0.0770. The Morgan fingerprint density at radius 2 is 2.12 bits per heavy atom. The molecule has 0 bridgehead atoms. The number of nitrogens with zero attached hydrogens (tertiary/aromatic N) is 2. The third kappa shape index (κ3) is 6.87. The summed E-state index contributed by atoms with van der Waals surface area (Å²) in [6.07, 6.45) is 7.18. The Hall–Kier alpha value is -1.74. The predicted molar refractivity (Wildman–Crippen MR) is 100.0 cm³/mol. The molecular formula is C17H27N3O5S. The molecule has 1 aliphatic rings. The summed E-state index contributed by atoms with van der Waals surface area (Å²) in [6, 6.07) is 1.54. The number of carbonyl (C=O) groups is 1. The second kappa shape index (κ2) is 11.1. The first-order valence-electron chi connectivity index (χ1n) is 9.01. The number of nitrogens with two attached hydrogens (primary N) is 1. The molecule has 26 heavy (non-hydrogen) atoms. The SMILES string of the molecule is CCCCCCCCOC(=O)OC[C@@H]1O[C@H](n2ccc(N)nc2=O)CS1. The first-order chi connectivity index (χ1) is 12.6. The van der Waals surface area contributed by atoms with Crippen molar-refractivity contribution >= 4 is 23.7 Å². The fraction of sp³-hybridized carbons (Fsp3) is 0.706. The molecule has 2 heterocycles. The Labute approximate surface area is 157 Å². The first kappa shape index (κ1) is 20.6. The number of hydrogen-bond acceptors (Lipinski definition) is 8. The monoisotopic (exact) mass is 385 g/mol. The van der Waals surface area contributed by atoms with E-state index in [1.165, 1.54) is 42.0 Å². The molecule has 1 saturated heterocycles. The molecule has 8 nitrogen and oxygen atoms in total. The Balaban J connectivity index is 1.60. The summed E-state index contributed by atoms with van der Waals surface area (Å²) in [5.74, 6) is 0.733. The largest absolute Gasteiger partial charge is 0.508 e. The van der Waals surface area contributed by atoms with Gasteiger partial charge in [0.1, 0.15) is 24.1 Å². The van der Waals surface area contributed by atoms with Crippen molar-refractivity contribution in [1.29, 1.82) is 0 Å². The van der Waals surface area contributed by atoms with E-state index < -0.39 is 18.1 Å². The van der Waals surface area contributed by atoms with Crippen molar-refractivity contribution < 1.29 is 19.0 Å². The number of hydrogen-bond donors (Lipinski definition) is 1. The third-order valence-electron chi connectivity index (χ3n) is 3.95. The fourth-order valence-corrected chi connectivity index (χ4v) is 3.53. The van der Waals surface area contributed by atoms with Crippen LogP contribution in [0.5, 0.6) is 0 Å². The Morgan fingerprint density at radius 3 is 2.88 bits per heavy atom. The highest BCUT2D eigenvalue weighted by atomic mass is 32.2. The van der Waals surface area contributed by atoms with Crippen LogP contribution in [0.2, 0.25) is 0 Å². The molecule has 0 unspecified atom stereocenters. The third-order valence-corrected chi connectivity index (χ3v) is 5.05. The van der Waals surface area contributed by atoms with Crippen molar-refractivity contribution in [3.63, 3.8) is 0 Å². The molecule has 146 valence electrons. The molecule has 2 rings (SSSR count). The maximum atomic E-state index is 11.8. The second-order valence-corrected chi connectivity index (χ2v) is 7.27. The predicted octanol–water partition coefficient (Wildman–Crippen LogP) is 2.93. The molecule has 0 aromatic carbocycles. The van der Waals surface area contributed by atoms with Crippen molar-refractivity contribution in [3.05, 3.63) is 22.7 Å². The molecule has 1 aliphatic heterocycles. The van der Waals surface area contributed by atoms with E-state index in [4.69, 9.17) is 19.9 Å². The number of carbonyl (C=O) groups excluding carboxylic acids is 1. The van der Waals surface area contributed by atoms with Crippen LogP contribution in [0, 0.1) is 0 Å². The van der Waals surface area contributed by atoms with Gasteiger partial charge in [-0.15, -0.1) is 11.8 Å². The Morgan fingerprint density at radius 1 is 1.35 bits per heavy atom. The zero-order chi connectivity index (χ0) is 18.8. The minimum atomic E-state index is -0.683. The topological polar surface area (TPSA) is 106 Å². The molecule has 9 heteroatoms. The van der Waals surface area contributed by atoms with E-state index in [1.807, 2.05) is 0 Å². The van der Waals surface area contributed by atoms with Crippen LogP contribution in [-0.4, -0.2) is 40.1 Å². The molecule has 2 N–H and O–H groups in total. The van der Waals surface area contributed by atoms with Gasteiger partial charge in [-0.1, -0.05) is 39.0 Å². The summed E-state index contributed by atoms with van der Waals surface area (Å²) in [7, 11) is 0. The lowest BCUT2D eigenvalue weighted by molar-refractivity contribution is -0.0239. The summed E-state index contributed by atoms with van der Waals surface area (Å²) in [6.45, 7) is 2.63. The van der Waals surface area contributed by atoms with Crippen molar-refractivity contribution in [1.82, 2.24) is 9.55 Å². The molecule has 0 radical (unpaired) electrons. The minimum Gasteiger partial charge on any atom is -0.434 e. The van der Waals surface area contributed by atoms with Crippen LogP contribution in [0.3, 0.4) is 0 Å². The van der Waals surface area contributed by atoms with Gasteiger partial charge in [0.05, 0.1) is 6.61 Å². The molecule has 1 aromatic heterocycles. The van der Waals surface area contributed by atoms with E-state index in [9.17, 15) is 9.59 Å². The van der Waals surface area contributed by atoms with Gasteiger partial charge in [0.15, 0.2) is 0 Å². The van der Waals surface area contributed by atoms with Gasteiger partial charge in [-0.25, -0.2) is 9.59 Å². The average Bonchev–Trinajstić information content (AvgIpc) is 3.08. The van der Waals surface area contributed by atoms with Gasteiger partial charge < -0.3 is 19.9 Å². The highest BCUT2D eigenvalue weighted by Crippen LogP contribution is 2.31. The number of thioether (sulfide) groups is 1. The van der Waals surface area contributed by atoms with Crippen LogP contribution in [0.15, 0.2) is 17.1 Å². The summed E-state index contributed by atoms with van der Waals surface area (Å²) in [4.78, 5) is 27.1. The molecular weight excluding hydrogens is 358 g/mol. The van der Waals surface area contributed by atoms with E-state index >= 15 is 0 Å². The summed E-state index contributed by atoms with van der Waals surface area (Å²) in [5, 5.41) is 0. The van der Waals surface area contributed by atoms with Gasteiger partial charge in [-0.05, 0) is 12.5 Å². The van der Waals surface area contributed by atoms with Gasteiger partial charge in [-0.3, -0.25) is 4.57 Å². The van der Waals surface area contributed by atoms with Crippen molar-refractivity contribution in [3.8, 4) is 0 Å². The standard InChI is InChI=1S/C17H27N3O5S/c1-2-3-4-5-6-7-10-23-17(22)24-11-15-25-14(12-26-15)20-9-8-13(18)19-16(20)21/h8-9,14-15H,2-7,10-12H2,1H3,(H2,18,19,21)/t14-,15+/m0/s1. The lowest BCUT2D eigenvalue weighted by Crippen LogP contribution is -2.29. The van der Waals surface area contributed by atoms with E-state index in [0.29, 0.717) is 12.4 Å². The number of nitrogen functional groups attached to an aromatic ring is 1. The van der Waals surface area contributed by atoms with Crippen LogP contribution in [0.1, 0.15) is 51.7 Å². The van der Waals surface area contributed by atoms with Crippen LogP contribution in [0.25, 0.3) is 0 Å². The van der Waals surface area contributed by atoms with Gasteiger partial charge >= 0.3 is 11.8 Å². The summed E-state index contributed by atoms with van der Waals surface area (Å²) in [5.41, 5.74) is 4.67.